The van der Waals surface area contributed by atoms with E-state index in [0.717, 1.165) is 24.0 Å². The van der Waals surface area contributed by atoms with Gasteiger partial charge in [0.05, 0.1) is 31.5 Å². The van der Waals surface area contributed by atoms with Gasteiger partial charge < -0.3 is 69.3 Å². The molecule has 0 aromatic carbocycles. The summed E-state index contributed by atoms with van der Waals surface area (Å²) in [6, 6.07) is 0. The molecule has 4 aliphatic carbocycles. The smallest absolute Gasteiger partial charge is 0.187 e. The molecule has 2 heterocycles. The van der Waals surface area contributed by atoms with Crippen molar-refractivity contribution in [3.63, 3.8) is 0 Å². The van der Waals surface area contributed by atoms with Crippen LogP contribution < -0.4 is 0 Å². The predicted molar refractivity (Wildman–Crippen MR) is 193 cm³/mol. The van der Waals surface area contributed by atoms with Gasteiger partial charge in [-0.2, -0.15) is 0 Å². The molecule has 0 aromatic heterocycles. The molecule has 54 heavy (non-hydrogen) atoms. The van der Waals surface area contributed by atoms with Crippen LogP contribution in [0, 0.1) is 40.4 Å². The van der Waals surface area contributed by atoms with E-state index in [1.807, 2.05) is 0 Å². The van der Waals surface area contributed by atoms with Crippen LogP contribution in [0.2, 0.25) is 0 Å². The minimum absolute atomic E-state index is 0.0118. The zero-order chi connectivity index (χ0) is 39.4. The molecular formula is C40H66O14. The molecule has 20 unspecified atom stereocenters. The maximum atomic E-state index is 12.4. The van der Waals surface area contributed by atoms with E-state index in [0.29, 0.717) is 31.6 Å². The Hall–Kier alpha value is -1.08. The molecule has 6 aliphatic rings. The first-order chi connectivity index (χ1) is 25.5. The molecular weight excluding hydrogens is 704 g/mol. The van der Waals surface area contributed by atoms with E-state index in [1.165, 1.54) is 14.2 Å². The fraction of sp³-hybridized carbons (Fsp3) is 0.900. The molecule has 2 aliphatic heterocycles. The van der Waals surface area contributed by atoms with Crippen molar-refractivity contribution in [3.8, 4) is 0 Å². The van der Waals surface area contributed by atoms with Crippen molar-refractivity contribution in [3.05, 3.63) is 23.3 Å². The summed E-state index contributed by atoms with van der Waals surface area (Å²) in [5.74, 6) is -0.227. The number of aliphatic hydroxyl groups excluding tert-OH is 8. The van der Waals surface area contributed by atoms with Crippen LogP contribution >= 0.6 is 0 Å². The van der Waals surface area contributed by atoms with Crippen LogP contribution in [0.1, 0.15) is 73.1 Å². The second kappa shape index (κ2) is 16.6. The molecule has 0 aromatic rings. The molecule has 0 radical (unpaired) electrons. The van der Waals surface area contributed by atoms with Crippen molar-refractivity contribution in [2.24, 2.45) is 40.4 Å². The monoisotopic (exact) mass is 770 g/mol. The molecule has 310 valence electrons. The Kier molecular flexibility index (Phi) is 13.1. The number of fused-ring (bicyclic) bond motifs is 4. The highest BCUT2D eigenvalue weighted by Crippen LogP contribution is 2.67. The van der Waals surface area contributed by atoms with Crippen LogP contribution in [0.25, 0.3) is 0 Å². The Labute approximate surface area is 319 Å². The summed E-state index contributed by atoms with van der Waals surface area (Å²) >= 11 is 0. The number of allylic oxidation sites excluding steroid dienone is 2. The van der Waals surface area contributed by atoms with Crippen LogP contribution in [0.5, 0.6) is 0 Å². The second-order valence-corrected chi connectivity index (χ2v) is 17.8. The number of hydrogen-bond donors (Lipinski definition) is 8. The van der Waals surface area contributed by atoms with Gasteiger partial charge in [0, 0.05) is 20.1 Å². The maximum absolute atomic E-state index is 12.4. The molecule has 3 saturated carbocycles. The lowest BCUT2D eigenvalue weighted by atomic mass is 9.47. The third kappa shape index (κ3) is 7.40. The summed E-state index contributed by atoms with van der Waals surface area (Å²) in [7, 11) is 2.79. The first-order valence-corrected chi connectivity index (χ1v) is 19.9. The van der Waals surface area contributed by atoms with Gasteiger partial charge in [-0.1, -0.05) is 52.3 Å². The average Bonchev–Trinajstić information content (AvgIpc) is 3.59. The van der Waals surface area contributed by atoms with E-state index < -0.39 is 97.8 Å². The molecule has 0 amide bonds. The predicted octanol–water partition coefficient (Wildman–Crippen LogP) is 0.788. The molecule has 0 spiro atoms. The van der Waals surface area contributed by atoms with Gasteiger partial charge in [0.2, 0.25) is 0 Å². The van der Waals surface area contributed by atoms with Crippen molar-refractivity contribution in [1.82, 2.24) is 0 Å². The summed E-state index contributed by atoms with van der Waals surface area (Å²) in [6.07, 6.45) is -7.86. The number of aliphatic hydroxyl groups is 8. The zero-order valence-corrected chi connectivity index (χ0v) is 32.8. The van der Waals surface area contributed by atoms with E-state index in [-0.39, 0.29) is 35.7 Å². The minimum Gasteiger partial charge on any atom is -0.394 e. The van der Waals surface area contributed by atoms with Gasteiger partial charge in [0.1, 0.15) is 54.9 Å². The highest BCUT2D eigenvalue weighted by atomic mass is 16.7. The summed E-state index contributed by atoms with van der Waals surface area (Å²) in [5.41, 5.74) is 1.11. The van der Waals surface area contributed by atoms with E-state index >= 15 is 0 Å². The Bertz CT molecular complexity index is 1340. The van der Waals surface area contributed by atoms with Crippen LogP contribution in [-0.4, -0.2) is 154 Å². The molecule has 5 fully saturated rings. The minimum atomic E-state index is -1.52. The number of rotatable bonds is 12. The summed E-state index contributed by atoms with van der Waals surface area (Å²) in [6.45, 7) is 10.2. The third-order valence-corrected chi connectivity index (χ3v) is 14.1. The van der Waals surface area contributed by atoms with Gasteiger partial charge in [0.25, 0.3) is 0 Å². The topological polar surface area (TPSA) is 217 Å². The maximum Gasteiger partial charge on any atom is 0.187 e. The second-order valence-electron chi connectivity index (χ2n) is 17.8. The summed E-state index contributed by atoms with van der Waals surface area (Å²) in [5, 5.41) is 88.3. The molecule has 8 N–H and O–H groups in total. The Morgan fingerprint density at radius 1 is 0.852 bits per heavy atom. The summed E-state index contributed by atoms with van der Waals surface area (Å²) < 4.78 is 35.8. The summed E-state index contributed by atoms with van der Waals surface area (Å²) in [4.78, 5) is 0. The highest BCUT2D eigenvalue weighted by molar-refractivity contribution is 5.40. The van der Waals surface area contributed by atoms with E-state index in [1.54, 1.807) is 0 Å². The van der Waals surface area contributed by atoms with Gasteiger partial charge in [-0.05, 0) is 78.6 Å². The van der Waals surface area contributed by atoms with Gasteiger partial charge in [0.15, 0.2) is 12.6 Å². The highest BCUT2D eigenvalue weighted by Gasteiger charge is 2.64. The Balaban J connectivity index is 1.43. The third-order valence-electron chi connectivity index (χ3n) is 14.1. The van der Waals surface area contributed by atoms with Crippen molar-refractivity contribution >= 4 is 0 Å². The number of methoxy groups -OCH3 is 2. The number of ether oxygens (including phenoxy) is 6. The molecule has 2 saturated heterocycles. The van der Waals surface area contributed by atoms with Crippen LogP contribution in [0.4, 0.5) is 0 Å². The Morgan fingerprint density at radius 3 is 2.19 bits per heavy atom. The molecule has 20 atom stereocenters. The lowest BCUT2D eigenvalue weighted by Gasteiger charge is -2.60. The molecule has 14 nitrogen and oxygen atoms in total. The van der Waals surface area contributed by atoms with Gasteiger partial charge >= 0.3 is 0 Å². The van der Waals surface area contributed by atoms with Crippen molar-refractivity contribution in [1.29, 1.82) is 0 Å². The SMILES string of the molecule is COCC(O)C1OC(OC2C3=C4CC(OC5OC(CO)C(OC)C(O)C5O)C(C(C)C=CC(C)C)C4(C)CCC3C3(C)CCC(O)CC3C2O)C(O)C1O. The fourth-order valence-corrected chi connectivity index (χ4v) is 11.4. The first kappa shape index (κ1) is 42.5. The molecule has 6 rings (SSSR count). The standard InChI is InChI=1S/C40H66O14/c1-18(2)8-9-19(3)28-25(51-37-33(48)31(46)35(50-7)26(16-41)52-37)15-22-27-21(11-13-40(22,28)5)39(4)12-10-20(42)14-23(39)29(44)36(27)54-38-32(47)30(45)34(53-38)24(43)17-49-6/h8-9,18-21,23-26,28-38,41-48H,10-17H2,1-7H3. The molecule has 0 bridgehead atoms. The van der Waals surface area contributed by atoms with Gasteiger partial charge in [-0.25, -0.2) is 0 Å². The molecule has 14 heteroatoms. The van der Waals surface area contributed by atoms with Crippen LogP contribution in [-0.2, 0) is 28.4 Å². The lowest BCUT2D eigenvalue weighted by Crippen LogP contribution is -2.60. The largest absolute Gasteiger partial charge is 0.394 e. The normalized spacial score (nSPS) is 49.3. The lowest BCUT2D eigenvalue weighted by molar-refractivity contribution is -0.318. The zero-order valence-electron chi connectivity index (χ0n) is 32.8. The first-order valence-electron chi connectivity index (χ1n) is 19.9. The van der Waals surface area contributed by atoms with E-state index in [9.17, 15) is 40.9 Å². The van der Waals surface area contributed by atoms with Crippen molar-refractivity contribution in [2.75, 3.05) is 27.4 Å². The van der Waals surface area contributed by atoms with E-state index in [2.05, 4.69) is 46.8 Å². The Morgan fingerprint density at radius 2 is 1.54 bits per heavy atom. The van der Waals surface area contributed by atoms with Crippen LogP contribution in [0.3, 0.4) is 0 Å². The van der Waals surface area contributed by atoms with Crippen LogP contribution in [0.15, 0.2) is 23.3 Å². The van der Waals surface area contributed by atoms with Gasteiger partial charge in [-0.3, -0.25) is 0 Å². The van der Waals surface area contributed by atoms with Crippen molar-refractivity contribution < 1.29 is 69.3 Å². The quantitative estimate of drug-likeness (QED) is 0.129. The van der Waals surface area contributed by atoms with Crippen molar-refractivity contribution in [2.45, 2.75) is 159 Å². The number of hydrogen-bond acceptors (Lipinski definition) is 14. The van der Waals surface area contributed by atoms with Gasteiger partial charge in [-0.15, -0.1) is 0 Å². The van der Waals surface area contributed by atoms with E-state index in [4.69, 9.17) is 28.4 Å². The fourth-order valence-electron chi connectivity index (χ4n) is 11.4. The average molecular weight is 771 g/mol.